The minimum Gasteiger partial charge on any atom is -0.309 e. The molecule has 2 rings (SSSR count). The van der Waals surface area contributed by atoms with Crippen molar-refractivity contribution < 1.29 is 0 Å². The number of hydrogen-bond donors (Lipinski definition) is 1. The van der Waals surface area contributed by atoms with Gasteiger partial charge >= 0.3 is 0 Å². The van der Waals surface area contributed by atoms with Crippen molar-refractivity contribution in [3.8, 4) is 0 Å². The first-order valence-electron chi connectivity index (χ1n) is 5.86. The molecule has 1 heterocycles. The molecule has 0 saturated heterocycles. The maximum Gasteiger partial charge on any atom is 0.0931 e. The zero-order chi connectivity index (χ0) is 13.0. The topological polar surface area (TPSA) is 12.0 Å². The second kappa shape index (κ2) is 6.58. The van der Waals surface area contributed by atoms with E-state index in [0.29, 0.717) is 6.04 Å². The summed E-state index contributed by atoms with van der Waals surface area (Å²) in [5.41, 5.74) is 1.18. The Morgan fingerprint density at radius 3 is 2.61 bits per heavy atom. The van der Waals surface area contributed by atoms with Gasteiger partial charge < -0.3 is 5.32 Å². The van der Waals surface area contributed by atoms with E-state index in [1.54, 1.807) is 11.3 Å². The molecule has 18 heavy (non-hydrogen) atoms. The lowest BCUT2D eigenvalue weighted by Crippen LogP contribution is -2.27. The molecule has 96 valence electrons. The molecular weight excluding hydrogens is 285 g/mol. The minimum atomic E-state index is 0.380. The number of thiophene rings is 1. The molecule has 0 aliphatic heterocycles. The molecule has 0 bridgehead atoms. The maximum atomic E-state index is 6.15. The van der Waals surface area contributed by atoms with Crippen molar-refractivity contribution in [3.63, 3.8) is 0 Å². The highest BCUT2D eigenvalue weighted by Gasteiger charge is 2.06. The highest BCUT2D eigenvalue weighted by atomic mass is 35.5. The van der Waals surface area contributed by atoms with E-state index >= 15 is 0 Å². The van der Waals surface area contributed by atoms with Crippen molar-refractivity contribution in [2.45, 2.75) is 25.9 Å². The molecule has 1 aromatic heterocycles. The Morgan fingerprint density at radius 1 is 1.17 bits per heavy atom. The van der Waals surface area contributed by atoms with Crippen molar-refractivity contribution in [2.24, 2.45) is 0 Å². The summed E-state index contributed by atoms with van der Waals surface area (Å²) in [5, 5.41) is 4.32. The predicted molar refractivity (Wildman–Crippen MR) is 80.8 cm³/mol. The van der Waals surface area contributed by atoms with Gasteiger partial charge in [-0.1, -0.05) is 41.4 Å². The molecule has 1 nitrogen and oxygen atoms in total. The van der Waals surface area contributed by atoms with E-state index in [2.05, 4.69) is 24.4 Å². The number of rotatable bonds is 5. The third-order valence-corrected chi connectivity index (χ3v) is 4.34. The fraction of sp³-hybridized carbons (Fsp3) is 0.286. The van der Waals surface area contributed by atoms with Gasteiger partial charge in [0, 0.05) is 22.5 Å². The van der Waals surface area contributed by atoms with Crippen LogP contribution in [0.4, 0.5) is 0 Å². The molecule has 4 heteroatoms. The van der Waals surface area contributed by atoms with Crippen LogP contribution in [0.1, 0.15) is 17.4 Å². The van der Waals surface area contributed by atoms with E-state index < -0.39 is 0 Å². The van der Waals surface area contributed by atoms with Crippen LogP contribution in [0.25, 0.3) is 0 Å². The van der Waals surface area contributed by atoms with Gasteiger partial charge in [0.25, 0.3) is 0 Å². The zero-order valence-corrected chi connectivity index (χ0v) is 12.4. The van der Waals surface area contributed by atoms with E-state index in [4.69, 9.17) is 23.2 Å². The number of nitrogens with one attached hydrogen (secondary N) is 1. The van der Waals surface area contributed by atoms with Gasteiger partial charge in [0.05, 0.1) is 4.34 Å². The first-order chi connectivity index (χ1) is 8.65. The lowest BCUT2D eigenvalue weighted by atomic mass is 10.1. The Morgan fingerprint density at radius 2 is 1.94 bits per heavy atom. The zero-order valence-electron chi connectivity index (χ0n) is 10.1. The average Bonchev–Trinajstić information content (AvgIpc) is 2.76. The molecule has 0 fully saturated rings. The van der Waals surface area contributed by atoms with Gasteiger partial charge in [0.2, 0.25) is 0 Å². The van der Waals surface area contributed by atoms with Gasteiger partial charge in [-0.25, -0.2) is 0 Å². The summed E-state index contributed by atoms with van der Waals surface area (Å²) in [6.45, 7) is 3.02. The summed E-state index contributed by atoms with van der Waals surface area (Å²) < 4.78 is 0.838. The second-order valence-electron chi connectivity index (χ2n) is 4.28. The van der Waals surface area contributed by atoms with Crippen LogP contribution in [0.2, 0.25) is 9.36 Å². The van der Waals surface area contributed by atoms with Gasteiger partial charge in [-0.2, -0.15) is 0 Å². The van der Waals surface area contributed by atoms with Crippen LogP contribution in [0, 0.1) is 0 Å². The average molecular weight is 300 g/mol. The van der Waals surface area contributed by atoms with Crippen LogP contribution in [0.3, 0.4) is 0 Å². The van der Waals surface area contributed by atoms with E-state index in [1.807, 2.05) is 24.3 Å². The van der Waals surface area contributed by atoms with E-state index in [1.165, 1.54) is 10.4 Å². The van der Waals surface area contributed by atoms with E-state index in [0.717, 1.165) is 22.3 Å². The highest BCUT2D eigenvalue weighted by Crippen LogP contribution is 2.21. The van der Waals surface area contributed by atoms with E-state index in [-0.39, 0.29) is 0 Å². The summed E-state index contributed by atoms with van der Waals surface area (Å²) in [6, 6.07) is 12.4. The Balaban J connectivity index is 1.85. The first-order valence-corrected chi connectivity index (χ1v) is 7.43. The lowest BCUT2D eigenvalue weighted by molar-refractivity contribution is 0.549. The Bertz CT molecular complexity index is 510. The molecule has 0 spiro atoms. The molecule has 0 aliphatic rings. The van der Waals surface area contributed by atoms with Crippen molar-refractivity contribution in [1.82, 2.24) is 5.32 Å². The fourth-order valence-electron chi connectivity index (χ4n) is 1.79. The summed E-state index contributed by atoms with van der Waals surface area (Å²) in [6.07, 6.45) is 0.929. The summed E-state index contributed by atoms with van der Waals surface area (Å²) in [5.74, 6) is 0. The van der Waals surface area contributed by atoms with Crippen LogP contribution in [0.15, 0.2) is 36.4 Å². The van der Waals surface area contributed by atoms with Gasteiger partial charge in [0.1, 0.15) is 0 Å². The molecular formula is C14H15Cl2NS. The molecule has 0 amide bonds. The molecule has 0 aliphatic carbocycles. The third-order valence-electron chi connectivity index (χ3n) is 2.74. The third kappa shape index (κ3) is 3.99. The molecule has 1 N–H and O–H groups in total. The largest absolute Gasteiger partial charge is 0.309 e. The Kier molecular flexibility index (Phi) is 5.07. The van der Waals surface area contributed by atoms with Crippen LogP contribution < -0.4 is 5.32 Å². The summed E-state index contributed by atoms with van der Waals surface area (Å²) >= 11 is 13.7. The first kappa shape index (κ1) is 13.9. The highest BCUT2D eigenvalue weighted by molar-refractivity contribution is 7.16. The van der Waals surface area contributed by atoms with Crippen molar-refractivity contribution >= 4 is 34.5 Å². The number of benzene rings is 1. The van der Waals surface area contributed by atoms with E-state index in [9.17, 15) is 0 Å². The summed E-state index contributed by atoms with van der Waals surface area (Å²) in [7, 11) is 0. The van der Waals surface area contributed by atoms with Crippen molar-refractivity contribution in [1.29, 1.82) is 0 Å². The molecule has 0 radical (unpaired) electrons. The SMILES string of the molecule is CC(Cc1ccccc1Cl)NCc1ccc(Cl)s1. The number of halogens is 2. The van der Waals surface area contributed by atoms with Crippen molar-refractivity contribution in [2.75, 3.05) is 0 Å². The Labute approximate surface area is 122 Å². The van der Waals surface area contributed by atoms with Crippen LogP contribution in [-0.4, -0.2) is 6.04 Å². The Hall–Kier alpha value is -0.540. The van der Waals surface area contributed by atoms with Crippen LogP contribution in [-0.2, 0) is 13.0 Å². The predicted octanol–water partition coefficient (Wildman–Crippen LogP) is 4.78. The molecule has 1 unspecified atom stereocenters. The number of hydrogen-bond acceptors (Lipinski definition) is 2. The molecule has 0 saturated carbocycles. The van der Waals surface area contributed by atoms with Crippen LogP contribution >= 0.6 is 34.5 Å². The summed E-state index contributed by atoms with van der Waals surface area (Å²) in [4.78, 5) is 1.26. The van der Waals surface area contributed by atoms with Gasteiger partial charge in [-0.15, -0.1) is 11.3 Å². The van der Waals surface area contributed by atoms with Crippen LogP contribution in [0.5, 0.6) is 0 Å². The second-order valence-corrected chi connectivity index (χ2v) is 6.49. The quantitative estimate of drug-likeness (QED) is 0.838. The van der Waals surface area contributed by atoms with Gasteiger partial charge in [-0.3, -0.25) is 0 Å². The molecule has 2 aromatic rings. The fourth-order valence-corrected chi connectivity index (χ4v) is 3.04. The van der Waals surface area contributed by atoms with Gasteiger partial charge in [-0.05, 0) is 37.1 Å². The van der Waals surface area contributed by atoms with Gasteiger partial charge in [0.15, 0.2) is 0 Å². The molecule has 1 atom stereocenters. The monoisotopic (exact) mass is 299 g/mol. The minimum absolute atomic E-state index is 0.380. The molecule has 1 aromatic carbocycles. The normalized spacial score (nSPS) is 12.6. The maximum absolute atomic E-state index is 6.15. The lowest BCUT2D eigenvalue weighted by Gasteiger charge is -2.14. The smallest absolute Gasteiger partial charge is 0.0931 e. The van der Waals surface area contributed by atoms with Crippen molar-refractivity contribution in [3.05, 3.63) is 56.2 Å². The standard InChI is InChI=1S/C14H15Cl2NS/c1-10(8-11-4-2-3-5-13(11)15)17-9-12-6-7-14(16)18-12/h2-7,10,17H,8-9H2,1H3.